The second kappa shape index (κ2) is 8.04. The molecule has 0 spiro atoms. The molecule has 1 aromatic carbocycles. The first-order chi connectivity index (χ1) is 14.5. The molecule has 1 saturated heterocycles. The molecule has 0 amide bonds. The predicted octanol–water partition coefficient (Wildman–Crippen LogP) is 4.58. The molecule has 1 aliphatic carbocycles. The van der Waals surface area contributed by atoms with Gasteiger partial charge in [0.15, 0.2) is 0 Å². The normalized spacial score (nSPS) is 25.2. The van der Waals surface area contributed by atoms with Gasteiger partial charge in [-0.2, -0.15) is 13.2 Å². The highest BCUT2D eigenvalue weighted by Crippen LogP contribution is 2.36. The molecule has 0 N–H and O–H groups in total. The van der Waals surface area contributed by atoms with Crippen LogP contribution in [0.25, 0.3) is 0 Å². The molecule has 1 aromatic rings. The minimum absolute atomic E-state index is 0.0304. The molecule has 2 heterocycles. The number of piperidine rings is 1. The second-order valence-electron chi connectivity index (χ2n) is 9.88. The number of hydrogen-bond donors (Lipinski definition) is 0. The minimum atomic E-state index is -4.35. The number of nitrogens with zero attached hydrogens (tertiary/aromatic N) is 3. The molecule has 0 radical (unpaired) electrons. The van der Waals surface area contributed by atoms with E-state index in [1.165, 1.54) is 12.8 Å². The van der Waals surface area contributed by atoms with Crippen molar-refractivity contribution < 1.29 is 22.8 Å². The van der Waals surface area contributed by atoms with Gasteiger partial charge in [0, 0.05) is 36.9 Å². The number of hydroxylamine groups is 2. The highest BCUT2D eigenvalue weighted by Gasteiger charge is 2.38. The Bertz CT molecular complexity index is 828. The van der Waals surface area contributed by atoms with Crippen molar-refractivity contribution in [2.75, 3.05) is 19.8 Å². The summed E-state index contributed by atoms with van der Waals surface area (Å²) in [5, 5.41) is 1.69. The standard InChI is InChI=1S/C23H30F3N3O2/c1-22(2,3)21(30)31-29-13-17(16-4-6-18(7-5-16)23(24,25)26)12-20(14-29)28-11-10-27(15-28)19-8-9-19/h4-7,10-11,17,19-20H,8-9,12-15H2,1-3H3. The van der Waals surface area contributed by atoms with E-state index in [4.69, 9.17) is 4.84 Å². The van der Waals surface area contributed by atoms with E-state index in [-0.39, 0.29) is 17.9 Å². The molecule has 2 atom stereocenters. The van der Waals surface area contributed by atoms with E-state index >= 15 is 0 Å². The van der Waals surface area contributed by atoms with Crippen molar-refractivity contribution in [1.29, 1.82) is 0 Å². The van der Waals surface area contributed by atoms with Gasteiger partial charge >= 0.3 is 12.1 Å². The second-order valence-corrected chi connectivity index (χ2v) is 9.88. The van der Waals surface area contributed by atoms with Crippen molar-refractivity contribution in [3.05, 3.63) is 47.8 Å². The van der Waals surface area contributed by atoms with Crippen molar-refractivity contribution in [3.63, 3.8) is 0 Å². The summed E-state index contributed by atoms with van der Waals surface area (Å²) in [6.07, 6.45) is 3.07. The van der Waals surface area contributed by atoms with Gasteiger partial charge in [-0.25, -0.2) is 4.79 Å². The van der Waals surface area contributed by atoms with E-state index in [1.807, 2.05) is 0 Å². The Morgan fingerprint density at radius 1 is 0.968 bits per heavy atom. The lowest BCUT2D eigenvalue weighted by atomic mass is 9.88. The lowest BCUT2D eigenvalue weighted by Gasteiger charge is -2.41. The summed E-state index contributed by atoms with van der Waals surface area (Å²) in [7, 11) is 0. The van der Waals surface area contributed by atoms with E-state index in [9.17, 15) is 18.0 Å². The van der Waals surface area contributed by atoms with Crippen LogP contribution in [-0.4, -0.2) is 52.7 Å². The van der Waals surface area contributed by atoms with Crippen LogP contribution in [0.4, 0.5) is 13.2 Å². The Labute approximate surface area is 181 Å². The van der Waals surface area contributed by atoms with Crippen LogP contribution in [0.3, 0.4) is 0 Å². The highest BCUT2D eigenvalue weighted by atomic mass is 19.4. The van der Waals surface area contributed by atoms with E-state index in [0.717, 1.165) is 30.8 Å². The van der Waals surface area contributed by atoms with Gasteiger partial charge < -0.3 is 14.6 Å². The number of benzene rings is 1. The molecular formula is C23H30F3N3O2. The molecule has 31 heavy (non-hydrogen) atoms. The van der Waals surface area contributed by atoms with E-state index in [0.29, 0.717) is 19.1 Å². The minimum Gasteiger partial charge on any atom is -0.367 e. The van der Waals surface area contributed by atoms with Gasteiger partial charge in [-0.1, -0.05) is 12.1 Å². The fourth-order valence-electron chi connectivity index (χ4n) is 4.12. The van der Waals surface area contributed by atoms with Crippen LogP contribution in [0.1, 0.15) is 57.1 Å². The smallest absolute Gasteiger partial charge is 0.367 e. The molecule has 2 unspecified atom stereocenters. The molecule has 0 aromatic heterocycles. The molecule has 4 rings (SSSR count). The monoisotopic (exact) mass is 437 g/mol. The Kier molecular flexibility index (Phi) is 5.70. The van der Waals surface area contributed by atoms with E-state index in [1.54, 1.807) is 38.0 Å². The molecule has 3 aliphatic rings. The first-order valence-corrected chi connectivity index (χ1v) is 10.8. The zero-order valence-electron chi connectivity index (χ0n) is 18.2. The molecular weight excluding hydrogens is 407 g/mol. The maximum Gasteiger partial charge on any atom is 0.416 e. The first kappa shape index (κ1) is 22.0. The number of alkyl halides is 3. The van der Waals surface area contributed by atoms with Gasteiger partial charge in [-0.05, 0) is 57.7 Å². The Hall–Kier alpha value is -2.22. The number of carbonyl (C=O) groups excluding carboxylic acids is 1. The summed E-state index contributed by atoms with van der Waals surface area (Å²) in [6, 6.07) is 6.09. The third-order valence-corrected chi connectivity index (χ3v) is 6.19. The highest BCUT2D eigenvalue weighted by molar-refractivity contribution is 5.75. The van der Waals surface area contributed by atoms with Crippen molar-refractivity contribution in [1.82, 2.24) is 14.9 Å². The van der Waals surface area contributed by atoms with Gasteiger partial charge in [0.1, 0.15) is 0 Å². The molecule has 2 fully saturated rings. The number of rotatable bonds is 4. The van der Waals surface area contributed by atoms with Crippen LogP contribution in [0.5, 0.6) is 0 Å². The van der Waals surface area contributed by atoms with Crippen molar-refractivity contribution in [2.45, 2.75) is 64.2 Å². The number of halogens is 3. The maximum atomic E-state index is 13.0. The number of carbonyl (C=O) groups is 1. The van der Waals surface area contributed by atoms with Gasteiger partial charge in [0.2, 0.25) is 0 Å². The van der Waals surface area contributed by atoms with Crippen LogP contribution in [-0.2, 0) is 15.8 Å². The molecule has 8 heteroatoms. The lowest BCUT2D eigenvalue weighted by Crippen LogP contribution is -2.50. The molecule has 0 bridgehead atoms. The summed E-state index contributed by atoms with van der Waals surface area (Å²) in [5.74, 6) is -0.340. The average molecular weight is 438 g/mol. The summed E-state index contributed by atoms with van der Waals surface area (Å²) in [6.45, 7) is 7.26. The zero-order valence-corrected chi connectivity index (χ0v) is 18.2. The van der Waals surface area contributed by atoms with Crippen molar-refractivity contribution in [2.24, 2.45) is 5.41 Å². The van der Waals surface area contributed by atoms with Crippen molar-refractivity contribution in [3.8, 4) is 0 Å². The summed E-state index contributed by atoms with van der Waals surface area (Å²) in [5.41, 5.74) is -0.452. The third kappa shape index (κ3) is 5.17. The predicted molar refractivity (Wildman–Crippen MR) is 110 cm³/mol. The number of hydrogen-bond acceptors (Lipinski definition) is 5. The molecule has 170 valence electrons. The Balaban J connectivity index is 1.51. The van der Waals surface area contributed by atoms with Crippen LogP contribution < -0.4 is 0 Å². The van der Waals surface area contributed by atoms with Gasteiger partial charge in [-0.3, -0.25) is 0 Å². The Morgan fingerprint density at radius 2 is 1.58 bits per heavy atom. The fraction of sp³-hybridized carbons (Fsp3) is 0.609. The van der Waals surface area contributed by atoms with Gasteiger partial charge in [0.25, 0.3) is 0 Å². The maximum absolute atomic E-state index is 13.0. The molecule has 5 nitrogen and oxygen atoms in total. The summed E-state index contributed by atoms with van der Waals surface area (Å²) >= 11 is 0. The Morgan fingerprint density at radius 3 is 2.13 bits per heavy atom. The third-order valence-electron chi connectivity index (χ3n) is 6.19. The van der Waals surface area contributed by atoms with Crippen LogP contribution in [0.15, 0.2) is 36.7 Å². The first-order valence-electron chi connectivity index (χ1n) is 10.8. The quantitative estimate of drug-likeness (QED) is 0.689. The van der Waals surface area contributed by atoms with Crippen LogP contribution in [0.2, 0.25) is 0 Å². The SMILES string of the molecule is CC(C)(C)C(=O)ON1CC(c2ccc(C(F)(F)F)cc2)CC(N2C=CN(C3CC3)C2)C1. The molecule has 1 saturated carbocycles. The van der Waals surface area contributed by atoms with E-state index < -0.39 is 17.2 Å². The average Bonchev–Trinajstić information content (AvgIpc) is 3.43. The topological polar surface area (TPSA) is 36.0 Å². The van der Waals surface area contributed by atoms with Crippen LogP contribution in [0, 0.1) is 5.41 Å². The summed E-state index contributed by atoms with van der Waals surface area (Å²) < 4.78 is 38.9. The fourth-order valence-corrected chi connectivity index (χ4v) is 4.12. The lowest BCUT2D eigenvalue weighted by molar-refractivity contribution is -0.209. The zero-order chi connectivity index (χ0) is 22.4. The van der Waals surface area contributed by atoms with Gasteiger partial charge in [-0.15, -0.1) is 5.06 Å². The van der Waals surface area contributed by atoms with Crippen molar-refractivity contribution >= 4 is 5.97 Å². The van der Waals surface area contributed by atoms with Gasteiger partial charge in [0.05, 0.1) is 24.2 Å². The summed E-state index contributed by atoms with van der Waals surface area (Å²) in [4.78, 5) is 22.8. The van der Waals surface area contributed by atoms with E-state index in [2.05, 4.69) is 22.2 Å². The molecule has 2 aliphatic heterocycles. The van der Waals surface area contributed by atoms with Crippen LogP contribution >= 0.6 is 0 Å². The largest absolute Gasteiger partial charge is 0.416 e.